The van der Waals surface area contributed by atoms with Gasteiger partial charge in [-0.3, -0.25) is 0 Å². The molecule has 2 aromatic carbocycles. The van der Waals surface area contributed by atoms with Gasteiger partial charge in [-0.25, -0.2) is 13.1 Å². The Morgan fingerprint density at radius 2 is 1.65 bits per heavy atom. The van der Waals surface area contributed by atoms with Crippen LogP contribution in [0.4, 0.5) is 0 Å². The van der Waals surface area contributed by atoms with Crippen LogP contribution in [-0.2, 0) is 29.3 Å². The number of nitrogens with one attached hydrogen (secondary N) is 1. The Kier molecular flexibility index (Phi) is 3.74. The molecule has 2 aliphatic carbocycles. The molecular formula is C19H21NO2S. The fourth-order valence-corrected chi connectivity index (χ4v) is 5.15. The van der Waals surface area contributed by atoms with Gasteiger partial charge in [0.2, 0.25) is 10.0 Å². The van der Waals surface area contributed by atoms with Crippen molar-refractivity contribution < 1.29 is 8.42 Å². The van der Waals surface area contributed by atoms with Crippen LogP contribution in [0.1, 0.15) is 47.6 Å². The molecule has 2 aliphatic rings. The molecule has 0 spiro atoms. The van der Waals surface area contributed by atoms with Crippen LogP contribution in [0.5, 0.6) is 0 Å². The smallest absolute Gasteiger partial charge is 0.207 e. The lowest BCUT2D eigenvalue weighted by Crippen LogP contribution is -2.31. The largest absolute Gasteiger partial charge is 0.241 e. The molecule has 0 amide bonds. The molecular weight excluding hydrogens is 306 g/mol. The van der Waals surface area contributed by atoms with Crippen LogP contribution in [-0.4, -0.2) is 8.42 Å². The Bertz CT molecular complexity index is 842. The van der Waals surface area contributed by atoms with Crippen molar-refractivity contribution in [3.8, 4) is 0 Å². The molecule has 120 valence electrons. The maximum Gasteiger partial charge on any atom is 0.241 e. The molecule has 3 nitrogen and oxygen atoms in total. The topological polar surface area (TPSA) is 46.2 Å². The van der Waals surface area contributed by atoms with Crippen molar-refractivity contribution >= 4 is 10.0 Å². The molecule has 1 N–H and O–H groups in total. The third kappa shape index (κ3) is 2.81. The van der Waals surface area contributed by atoms with Gasteiger partial charge in [-0.15, -0.1) is 0 Å². The first-order valence-corrected chi connectivity index (χ1v) is 9.84. The molecule has 0 radical (unpaired) electrons. The predicted molar refractivity (Wildman–Crippen MR) is 90.9 cm³/mol. The quantitative estimate of drug-likeness (QED) is 0.937. The molecule has 0 fully saturated rings. The first-order chi connectivity index (χ1) is 11.1. The summed E-state index contributed by atoms with van der Waals surface area (Å²) < 4.78 is 28.5. The number of hydrogen-bond acceptors (Lipinski definition) is 2. The summed E-state index contributed by atoms with van der Waals surface area (Å²) in [4.78, 5) is 0.404. The average molecular weight is 327 g/mol. The van der Waals surface area contributed by atoms with Gasteiger partial charge in [0.25, 0.3) is 0 Å². The van der Waals surface area contributed by atoms with Crippen molar-refractivity contribution in [2.75, 3.05) is 0 Å². The highest BCUT2D eigenvalue weighted by molar-refractivity contribution is 7.89. The Balaban J connectivity index is 1.63. The molecule has 0 saturated heterocycles. The number of hydrogen-bond donors (Lipinski definition) is 1. The van der Waals surface area contributed by atoms with E-state index in [1.54, 1.807) is 6.07 Å². The van der Waals surface area contributed by atoms with E-state index < -0.39 is 10.0 Å². The van der Waals surface area contributed by atoms with Gasteiger partial charge < -0.3 is 0 Å². The average Bonchev–Trinajstić information content (AvgIpc) is 3.02. The molecule has 4 rings (SSSR count). The second-order valence-electron chi connectivity index (χ2n) is 6.55. The zero-order chi connectivity index (χ0) is 15.9. The summed E-state index contributed by atoms with van der Waals surface area (Å²) in [5.74, 6) is 0. The number of benzene rings is 2. The Labute approximate surface area is 137 Å². The second kappa shape index (κ2) is 5.77. The van der Waals surface area contributed by atoms with E-state index >= 15 is 0 Å². The van der Waals surface area contributed by atoms with Crippen LogP contribution in [0.25, 0.3) is 0 Å². The third-order valence-electron chi connectivity index (χ3n) is 5.05. The van der Waals surface area contributed by atoms with E-state index in [9.17, 15) is 8.42 Å². The fraction of sp³-hybridized carbons (Fsp3) is 0.368. The van der Waals surface area contributed by atoms with Gasteiger partial charge in [0.15, 0.2) is 0 Å². The van der Waals surface area contributed by atoms with Gasteiger partial charge in [0, 0.05) is 6.04 Å². The van der Waals surface area contributed by atoms with E-state index in [4.69, 9.17) is 0 Å². The van der Waals surface area contributed by atoms with Gasteiger partial charge in [0.1, 0.15) is 0 Å². The van der Waals surface area contributed by atoms with Crippen molar-refractivity contribution in [2.45, 2.75) is 49.5 Å². The Morgan fingerprint density at radius 3 is 2.57 bits per heavy atom. The summed E-state index contributed by atoms with van der Waals surface area (Å²) in [6.45, 7) is 0. The Hall–Kier alpha value is -1.65. The summed E-state index contributed by atoms with van der Waals surface area (Å²) >= 11 is 0. The highest BCUT2D eigenvalue weighted by Crippen LogP contribution is 2.31. The maximum atomic E-state index is 12.8. The van der Waals surface area contributed by atoms with E-state index in [1.165, 1.54) is 16.7 Å². The second-order valence-corrected chi connectivity index (χ2v) is 8.26. The van der Waals surface area contributed by atoms with E-state index in [0.717, 1.165) is 44.1 Å². The molecule has 1 atom stereocenters. The summed E-state index contributed by atoms with van der Waals surface area (Å²) in [6.07, 6.45) is 6.11. The van der Waals surface area contributed by atoms with Crippen LogP contribution in [0, 0.1) is 0 Å². The van der Waals surface area contributed by atoms with Gasteiger partial charge >= 0.3 is 0 Å². The molecule has 0 aromatic heterocycles. The van der Waals surface area contributed by atoms with Crippen LogP contribution >= 0.6 is 0 Å². The van der Waals surface area contributed by atoms with Crippen LogP contribution in [0.15, 0.2) is 47.4 Å². The van der Waals surface area contributed by atoms with E-state index in [0.29, 0.717) is 4.90 Å². The summed E-state index contributed by atoms with van der Waals surface area (Å²) in [6, 6.07) is 13.6. The van der Waals surface area contributed by atoms with E-state index in [1.807, 2.05) is 30.3 Å². The Morgan fingerprint density at radius 1 is 0.870 bits per heavy atom. The zero-order valence-electron chi connectivity index (χ0n) is 13.1. The fourth-order valence-electron chi connectivity index (χ4n) is 3.85. The molecule has 23 heavy (non-hydrogen) atoms. The van der Waals surface area contributed by atoms with Crippen LogP contribution < -0.4 is 4.72 Å². The summed E-state index contributed by atoms with van der Waals surface area (Å²) in [5.41, 5.74) is 4.88. The minimum atomic E-state index is -3.47. The molecule has 0 saturated carbocycles. The van der Waals surface area contributed by atoms with Crippen LogP contribution in [0.2, 0.25) is 0 Å². The molecule has 2 aromatic rings. The number of rotatable bonds is 3. The van der Waals surface area contributed by atoms with Gasteiger partial charge in [-0.05, 0) is 72.9 Å². The summed E-state index contributed by atoms with van der Waals surface area (Å²) in [5, 5.41) is 0. The van der Waals surface area contributed by atoms with E-state index in [-0.39, 0.29) is 6.04 Å². The number of aryl methyl sites for hydroxylation is 3. The lowest BCUT2D eigenvalue weighted by atomic mass is 9.88. The first-order valence-electron chi connectivity index (χ1n) is 8.35. The lowest BCUT2D eigenvalue weighted by molar-refractivity contribution is 0.507. The monoisotopic (exact) mass is 327 g/mol. The number of fused-ring (bicyclic) bond motifs is 2. The van der Waals surface area contributed by atoms with Gasteiger partial charge in [-0.1, -0.05) is 30.3 Å². The molecule has 0 unspecified atom stereocenters. The lowest BCUT2D eigenvalue weighted by Gasteiger charge is -2.26. The third-order valence-corrected chi connectivity index (χ3v) is 6.52. The number of sulfonamides is 1. The molecule has 4 heteroatoms. The molecule has 0 heterocycles. The predicted octanol–water partition coefficient (Wildman–Crippen LogP) is 3.53. The van der Waals surface area contributed by atoms with Crippen LogP contribution in [0.3, 0.4) is 0 Å². The van der Waals surface area contributed by atoms with Gasteiger partial charge in [-0.2, -0.15) is 0 Å². The van der Waals surface area contributed by atoms with Crippen molar-refractivity contribution in [1.29, 1.82) is 0 Å². The van der Waals surface area contributed by atoms with Crippen molar-refractivity contribution in [1.82, 2.24) is 4.72 Å². The molecule has 0 bridgehead atoms. The SMILES string of the molecule is O=S(=O)(N[C@H]1CCCc2ccccc21)c1ccc2c(c1)CCC2. The summed E-state index contributed by atoms with van der Waals surface area (Å²) in [7, 11) is -3.47. The normalized spacial score (nSPS) is 20.1. The van der Waals surface area contributed by atoms with E-state index in [2.05, 4.69) is 10.8 Å². The highest BCUT2D eigenvalue weighted by atomic mass is 32.2. The standard InChI is InChI=1S/C19H21NO2S/c21-23(22,17-12-11-14-6-3-8-16(14)13-17)20-19-10-4-7-15-5-1-2-9-18(15)19/h1-2,5,9,11-13,19-20H,3-4,6-8,10H2/t19-/m0/s1. The minimum absolute atomic E-state index is 0.113. The van der Waals surface area contributed by atoms with Crippen molar-refractivity contribution in [3.05, 3.63) is 64.7 Å². The first kappa shape index (κ1) is 14.9. The zero-order valence-corrected chi connectivity index (χ0v) is 13.9. The van der Waals surface area contributed by atoms with Crippen molar-refractivity contribution in [2.24, 2.45) is 0 Å². The highest BCUT2D eigenvalue weighted by Gasteiger charge is 2.26. The maximum absolute atomic E-state index is 12.8. The van der Waals surface area contributed by atoms with Crippen molar-refractivity contribution in [3.63, 3.8) is 0 Å². The van der Waals surface area contributed by atoms with Gasteiger partial charge in [0.05, 0.1) is 4.90 Å². The minimum Gasteiger partial charge on any atom is -0.207 e. The molecule has 0 aliphatic heterocycles.